The fraction of sp³-hybridized carbons (Fsp3) is 0.462. The zero-order valence-electron chi connectivity index (χ0n) is 11.6. The molecule has 0 saturated carbocycles. The molecule has 0 aliphatic carbocycles. The van der Waals surface area contributed by atoms with Crippen molar-refractivity contribution in [1.29, 1.82) is 0 Å². The van der Waals surface area contributed by atoms with E-state index in [4.69, 9.17) is 5.11 Å². The lowest BCUT2D eigenvalue weighted by Crippen LogP contribution is -2.59. The topological polar surface area (TPSA) is 90.0 Å². The molecule has 1 saturated heterocycles. The van der Waals surface area contributed by atoms with Crippen molar-refractivity contribution in [2.45, 2.75) is 19.0 Å². The van der Waals surface area contributed by atoms with Crippen LogP contribution in [0.4, 0.5) is 4.79 Å². The van der Waals surface area contributed by atoms with Crippen LogP contribution in [0.25, 0.3) is 0 Å². The maximum atomic E-state index is 12.4. The van der Waals surface area contributed by atoms with Gasteiger partial charge in [-0.3, -0.25) is 9.59 Å². The monoisotopic (exact) mass is 311 g/mol. The highest BCUT2D eigenvalue weighted by atomic mass is 32.1. The second-order valence-corrected chi connectivity index (χ2v) is 5.65. The Labute approximate surface area is 126 Å². The number of rotatable bonds is 4. The van der Waals surface area contributed by atoms with Gasteiger partial charge in [0.05, 0.1) is 6.42 Å². The van der Waals surface area contributed by atoms with Crippen LogP contribution in [0.3, 0.4) is 0 Å². The zero-order valence-corrected chi connectivity index (χ0v) is 12.4. The number of carbonyl (C=O) groups is 3. The maximum Gasteiger partial charge on any atom is 0.320 e. The predicted molar refractivity (Wildman–Crippen MR) is 76.9 cm³/mol. The number of thiophene rings is 1. The molecule has 1 fully saturated rings. The lowest BCUT2D eigenvalue weighted by atomic mass is 10.1. The number of amides is 3. The third-order valence-corrected chi connectivity index (χ3v) is 4.00. The van der Waals surface area contributed by atoms with Crippen LogP contribution in [-0.2, 0) is 16.1 Å². The maximum absolute atomic E-state index is 12.4. The van der Waals surface area contributed by atoms with E-state index in [2.05, 4.69) is 5.32 Å². The molecular weight excluding hydrogens is 294 g/mol. The van der Waals surface area contributed by atoms with Crippen molar-refractivity contribution in [3.63, 3.8) is 0 Å². The molecule has 2 N–H and O–H groups in total. The van der Waals surface area contributed by atoms with E-state index in [9.17, 15) is 14.4 Å². The first-order valence-electron chi connectivity index (χ1n) is 6.51. The minimum Gasteiger partial charge on any atom is -0.481 e. The summed E-state index contributed by atoms with van der Waals surface area (Å²) in [5.41, 5.74) is 1.01. The first kappa shape index (κ1) is 15.3. The number of hydrogen-bond acceptors (Lipinski definition) is 4. The highest BCUT2D eigenvalue weighted by Crippen LogP contribution is 2.14. The number of carbonyl (C=O) groups excluding carboxylic acids is 2. The van der Waals surface area contributed by atoms with Gasteiger partial charge in [-0.15, -0.1) is 0 Å². The summed E-state index contributed by atoms with van der Waals surface area (Å²) in [4.78, 5) is 37.9. The lowest BCUT2D eigenvalue weighted by Gasteiger charge is -2.36. The summed E-state index contributed by atoms with van der Waals surface area (Å²) in [5, 5.41) is 15.4. The first-order valence-corrected chi connectivity index (χ1v) is 7.45. The largest absolute Gasteiger partial charge is 0.481 e. The minimum atomic E-state index is -1.10. The molecule has 1 aromatic rings. The number of nitrogens with one attached hydrogen (secondary N) is 1. The van der Waals surface area contributed by atoms with Crippen LogP contribution >= 0.6 is 11.3 Å². The fourth-order valence-electron chi connectivity index (χ4n) is 2.26. The Balaban J connectivity index is 2.07. The number of nitrogens with zero attached hydrogens (tertiary/aromatic N) is 2. The van der Waals surface area contributed by atoms with E-state index in [1.807, 2.05) is 16.8 Å². The summed E-state index contributed by atoms with van der Waals surface area (Å²) in [5.74, 6) is -1.52. The molecule has 2 heterocycles. The molecule has 0 spiro atoms. The van der Waals surface area contributed by atoms with Gasteiger partial charge in [0.25, 0.3) is 0 Å². The van der Waals surface area contributed by atoms with Crippen molar-refractivity contribution in [2.75, 3.05) is 20.1 Å². The quantitative estimate of drug-likeness (QED) is 0.851. The van der Waals surface area contributed by atoms with E-state index in [1.165, 1.54) is 9.80 Å². The van der Waals surface area contributed by atoms with Gasteiger partial charge in [0.2, 0.25) is 5.91 Å². The molecule has 114 valence electrons. The molecule has 2 rings (SSSR count). The van der Waals surface area contributed by atoms with Crippen molar-refractivity contribution in [2.24, 2.45) is 0 Å². The zero-order chi connectivity index (χ0) is 15.4. The Kier molecular flexibility index (Phi) is 4.79. The van der Waals surface area contributed by atoms with Gasteiger partial charge in [-0.05, 0) is 22.4 Å². The molecule has 1 aliphatic rings. The van der Waals surface area contributed by atoms with Crippen molar-refractivity contribution in [3.05, 3.63) is 22.4 Å². The SMILES string of the molecule is CN(Cc1ccsc1)C(=O)N1CCNC(=O)C1CC(=O)O. The third-order valence-electron chi connectivity index (χ3n) is 3.27. The number of aliphatic carboxylic acids is 1. The molecule has 0 bridgehead atoms. The Morgan fingerprint density at radius 1 is 1.57 bits per heavy atom. The molecule has 0 radical (unpaired) electrons. The molecule has 1 aromatic heterocycles. The van der Waals surface area contributed by atoms with Gasteiger partial charge in [-0.25, -0.2) is 4.79 Å². The van der Waals surface area contributed by atoms with Gasteiger partial charge in [0.15, 0.2) is 0 Å². The van der Waals surface area contributed by atoms with Gasteiger partial charge in [0, 0.05) is 26.7 Å². The van der Waals surface area contributed by atoms with Gasteiger partial charge < -0.3 is 20.2 Å². The van der Waals surface area contributed by atoms with E-state index in [1.54, 1.807) is 18.4 Å². The predicted octanol–water partition coefficient (Wildman–Crippen LogP) is 0.575. The Bertz CT molecular complexity index is 532. The van der Waals surface area contributed by atoms with E-state index in [0.29, 0.717) is 19.6 Å². The van der Waals surface area contributed by atoms with Crippen molar-refractivity contribution >= 4 is 29.2 Å². The highest BCUT2D eigenvalue weighted by Gasteiger charge is 2.35. The fourth-order valence-corrected chi connectivity index (χ4v) is 2.92. The molecule has 21 heavy (non-hydrogen) atoms. The van der Waals surface area contributed by atoms with Crippen LogP contribution in [-0.4, -0.2) is 59.0 Å². The molecule has 1 aliphatic heterocycles. The normalized spacial score (nSPS) is 18.2. The lowest BCUT2D eigenvalue weighted by molar-refractivity contribution is -0.142. The highest BCUT2D eigenvalue weighted by molar-refractivity contribution is 7.07. The number of carboxylic acid groups (broad SMARTS) is 1. The summed E-state index contributed by atoms with van der Waals surface area (Å²) >= 11 is 1.54. The van der Waals surface area contributed by atoms with E-state index in [-0.39, 0.29) is 12.5 Å². The van der Waals surface area contributed by atoms with Crippen LogP contribution in [0, 0.1) is 0 Å². The van der Waals surface area contributed by atoms with Crippen LogP contribution in [0.1, 0.15) is 12.0 Å². The third kappa shape index (κ3) is 3.72. The van der Waals surface area contributed by atoms with Crippen molar-refractivity contribution in [3.8, 4) is 0 Å². The first-order chi connectivity index (χ1) is 9.99. The minimum absolute atomic E-state index is 0.316. The van der Waals surface area contributed by atoms with E-state index >= 15 is 0 Å². The average Bonchev–Trinajstić information content (AvgIpc) is 2.92. The molecule has 8 heteroatoms. The summed E-state index contributed by atoms with van der Waals surface area (Å²) in [6, 6.07) is 0.641. The van der Waals surface area contributed by atoms with Crippen LogP contribution in [0.15, 0.2) is 16.8 Å². The Morgan fingerprint density at radius 3 is 2.95 bits per heavy atom. The van der Waals surface area contributed by atoms with Crippen molar-refractivity contribution < 1.29 is 19.5 Å². The van der Waals surface area contributed by atoms with Gasteiger partial charge >= 0.3 is 12.0 Å². The number of urea groups is 1. The smallest absolute Gasteiger partial charge is 0.320 e. The van der Waals surface area contributed by atoms with E-state index in [0.717, 1.165) is 5.56 Å². The second kappa shape index (κ2) is 6.57. The summed E-state index contributed by atoms with van der Waals surface area (Å²) < 4.78 is 0. The van der Waals surface area contributed by atoms with Crippen LogP contribution in [0.5, 0.6) is 0 Å². The standard InChI is InChI=1S/C13H17N3O4S/c1-15(7-9-2-5-21-8-9)13(20)16-4-3-14-12(19)10(16)6-11(17)18/h2,5,8,10H,3-4,6-7H2,1H3,(H,14,19)(H,17,18). The molecule has 1 atom stereocenters. The number of piperazine rings is 1. The summed E-state index contributed by atoms with van der Waals surface area (Å²) in [6.45, 7) is 1.09. The molecule has 0 aromatic carbocycles. The average molecular weight is 311 g/mol. The van der Waals surface area contributed by atoms with Crippen molar-refractivity contribution in [1.82, 2.24) is 15.1 Å². The summed E-state index contributed by atoms with van der Waals surface area (Å²) in [6.07, 6.45) is -0.385. The van der Waals surface area contributed by atoms with E-state index < -0.39 is 17.9 Å². The summed E-state index contributed by atoms with van der Waals surface area (Å²) in [7, 11) is 1.64. The van der Waals surface area contributed by atoms with Gasteiger partial charge in [-0.1, -0.05) is 0 Å². The van der Waals surface area contributed by atoms with Gasteiger partial charge in [0.1, 0.15) is 6.04 Å². The molecular formula is C13H17N3O4S. The Hall–Kier alpha value is -2.09. The number of hydrogen-bond donors (Lipinski definition) is 2. The molecule has 7 nitrogen and oxygen atoms in total. The Morgan fingerprint density at radius 2 is 2.33 bits per heavy atom. The number of carboxylic acids is 1. The molecule has 3 amide bonds. The van der Waals surface area contributed by atoms with Crippen LogP contribution < -0.4 is 5.32 Å². The van der Waals surface area contributed by atoms with Gasteiger partial charge in [-0.2, -0.15) is 11.3 Å². The second-order valence-electron chi connectivity index (χ2n) is 4.87. The van der Waals surface area contributed by atoms with Crippen LogP contribution in [0.2, 0.25) is 0 Å². The molecule has 1 unspecified atom stereocenters.